The van der Waals surface area contributed by atoms with Crippen molar-refractivity contribution < 1.29 is 5.11 Å². The second kappa shape index (κ2) is 9.33. The summed E-state index contributed by atoms with van der Waals surface area (Å²) in [5, 5.41) is 11.4. The number of aromatic hydroxyl groups is 1. The van der Waals surface area contributed by atoms with Crippen LogP contribution in [0, 0.1) is 0 Å². The van der Waals surface area contributed by atoms with Crippen LogP contribution in [-0.2, 0) is 19.6 Å². The molecular formula is C27H27N5O4. The van der Waals surface area contributed by atoms with E-state index in [9.17, 15) is 19.5 Å². The fraction of sp³-hybridized carbons (Fsp3) is 0.259. The van der Waals surface area contributed by atoms with E-state index in [4.69, 9.17) is 0 Å². The fourth-order valence-electron chi connectivity index (χ4n) is 4.65. The number of aryl methyl sites for hydroxylation is 1. The van der Waals surface area contributed by atoms with Crippen molar-refractivity contribution in [1.29, 1.82) is 0 Å². The van der Waals surface area contributed by atoms with Crippen LogP contribution in [0.3, 0.4) is 0 Å². The van der Waals surface area contributed by atoms with Gasteiger partial charge in [0, 0.05) is 13.1 Å². The van der Waals surface area contributed by atoms with Crippen molar-refractivity contribution in [3.8, 4) is 17.0 Å². The molecule has 3 aromatic heterocycles. The largest absolute Gasteiger partial charge is 0.494 e. The first-order valence-electron chi connectivity index (χ1n) is 12.1. The Bertz CT molecular complexity index is 1750. The molecule has 36 heavy (non-hydrogen) atoms. The maximum absolute atomic E-state index is 13.9. The van der Waals surface area contributed by atoms with E-state index in [1.807, 2.05) is 50.2 Å². The average molecular weight is 486 g/mol. The highest BCUT2D eigenvalue weighted by atomic mass is 16.3. The van der Waals surface area contributed by atoms with Gasteiger partial charge >= 0.3 is 5.69 Å². The number of imidazole rings is 1. The molecule has 3 heterocycles. The van der Waals surface area contributed by atoms with Crippen molar-refractivity contribution >= 4 is 16.9 Å². The maximum Gasteiger partial charge on any atom is 0.332 e. The third kappa shape index (κ3) is 3.64. The van der Waals surface area contributed by atoms with Crippen LogP contribution in [0.4, 0.5) is 0 Å². The van der Waals surface area contributed by atoms with Crippen molar-refractivity contribution in [3.05, 3.63) is 97.4 Å². The molecule has 1 N–H and O–H groups in total. The molecule has 5 aromatic rings. The molecule has 0 aliphatic rings. The molecule has 0 spiro atoms. The van der Waals surface area contributed by atoms with Crippen molar-refractivity contribution in [1.82, 2.24) is 23.1 Å². The minimum absolute atomic E-state index is 0.0375. The van der Waals surface area contributed by atoms with E-state index in [2.05, 4.69) is 4.98 Å². The summed E-state index contributed by atoms with van der Waals surface area (Å²) in [6.45, 7) is 4.59. The van der Waals surface area contributed by atoms with Crippen molar-refractivity contribution in [2.24, 2.45) is 0 Å². The second-order valence-electron chi connectivity index (χ2n) is 8.75. The van der Waals surface area contributed by atoms with Crippen LogP contribution in [0.15, 0.2) is 75.0 Å². The predicted octanol–water partition coefficient (Wildman–Crippen LogP) is 3.21. The Labute approximate surface area is 206 Å². The number of benzene rings is 2. The lowest BCUT2D eigenvalue weighted by Crippen LogP contribution is -2.40. The lowest BCUT2D eigenvalue weighted by Gasteiger charge is -2.15. The van der Waals surface area contributed by atoms with Crippen LogP contribution >= 0.6 is 0 Å². The van der Waals surface area contributed by atoms with E-state index in [-0.39, 0.29) is 41.5 Å². The zero-order chi connectivity index (χ0) is 25.4. The van der Waals surface area contributed by atoms with Crippen molar-refractivity contribution in [3.63, 3.8) is 0 Å². The van der Waals surface area contributed by atoms with E-state index in [1.54, 1.807) is 24.3 Å². The van der Waals surface area contributed by atoms with Gasteiger partial charge in [-0.05, 0) is 24.0 Å². The van der Waals surface area contributed by atoms with Crippen LogP contribution in [0.25, 0.3) is 28.1 Å². The Hall–Kier alpha value is -4.40. The maximum atomic E-state index is 13.9. The van der Waals surface area contributed by atoms with E-state index >= 15 is 0 Å². The summed E-state index contributed by atoms with van der Waals surface area (Å²) in [5.41, 5.74) is 0.0487. The number of hydrogen-bond donors (Lipinski definition) is 1. The van der Waals surface area contributed by atoms with Gasteiger partial charge in [0.15, 0.2) is 11.2 Å². The number of fused-ring (bicyclic) bond motifs is 3. The molecule has 0 fully saturated rings. The van der Waals surface area contributed by atoms with Gasteiger partial charge in [0.2, 0.25) is 11.7 Å². The Morgan fingerprint density at radius 2 is 1.39 bits per heavy atom. The van der Waals surface area contributed by atoms with Gasteiger partial charge in [0.05, 0.1) is 6.54 Å². The van der Waals surface area contributed by atoms with E-state index in [0.29, 0.717) is 24.9 Å². The molecule has 2 aromatic carbocycles. The zero-order valence-electron chi connectivity index (χ0n) is 20.2. The Morgan fingerprint density at radius 3 is 2.03 bits per heavy atom. The molecule has 0 amide bonds. The summed E-state index contributed by atoms with van der Waals surface area (Å²) in [6.07, 6.45) is 1.22. The van der Waals surface area contributed by atoms with E-state index in [0.717, 1.165) is 5.56 Å². The first-order chi connectivity index (χ1) is 17.5. The number of hydrogen-bond acceptors (Lipinski definition) is 5. The van der Waals surface area contributed by atoms with E-state index < -0.39 is 16.8 Å². The number of nitrogens with zero attached hydrogens (tertiary/aromatic N) is 5. The van der Waals surface area contributed by atoms with Gasteiger partial charge in [0.1, 0.15) is 5.56 Å². The summed E-state index contributed by atoms with van der Waals surface area (Å²) in [4.78, 5) is 45.4. The van der Waals surface area contributed by atoms with Gasteiger partial charge in [-0.1, -0.05) is 74.5 Å². The quantitative estimate of drug-likeness (QED) is 0.381. The minimum Gasteiger partial charge on any atom is -0.494 e. The minimum atomic E-state index is -0.567. The molecule has 0 aliphatic carbocycles. The topological polar surface area (TPSA) is 104 Å². The lowest BCUT2D eigenvalue weighted by atomic mass is 10.1. The van der Waals surface area contributed by atoms with E-state index in [1.165, 1.54) is 18.1 Å². The Morgan fingerprint density at radius 1 is 0.778 bits per heavy atom. The fourth-order valence-corrected chi connectivity index (χ4v) is 4.65. The first-order valence-corrected chi connectivity index (χ1v) is 12.1. The van der Waals surface area contributed by atoms with Crippen LogP contribution in [-0.4, -0.2) is 28.2 Å². The molecule has 9 heteroatoms. The molecular weight excluding hydrogens is 458 g/mol. The first kappa shape index (κ1) is 23.3. The van der Waals surface area contributed by atoms with Gasteiger partial charge in [-0.15, -0.1) is 0 Å². The monoisotopic (exact) mass is 485 g/mol. The number of aromatic nitrogens is 5. The molecule has 0 radical (unpaired) electrons. The second-order valence-corrected chi connectivity index (χ2v) is 8.75. The van der Waals surface area contributed by atoms with Gasteiger partial charge < -0.3 is 5.11 Å². The Balaban J connectivity index is 1.99. The number of rotatable bonds is 7. The lowest BCUT2D eigenvalue weighted by molar-refractivity contribution is 0.422. The van der Waals surface area contributed by atoms with Crippen LogP contribution in [0.1, 0.15) is 32.3 Å². The molecule has 0 bridgehead atoms. The standard InChI is InChI=1S/C27H27N5O4/c1-3-15-29-22-21(25(35)30(16-4-2)27(29)36)32-24(34)20(19-13-9-6-10-14-19)23(33)31(26(32)28-22)17-18-11-7-5-8-12-18/h5-14,33H,3-4,15-17H2,1-2H3. The normalized spacial score (nSPS) is 11.5. The average Bonchev–Trinajstić information content (AvgIpc) is 3.29. The molecule has 0 aliphatic heterocycles. The molecule has 184 valence electrons. The highest BCUT2D eigenvalue weighted by Crippen LogP contribution is 2.29. The van der Waals surface area contributed by atoms with Gasteiger partial charge in [0.25, 0.3) is 11.1 Å². The predicted molar refractivity (Wildman–Crippen MR) is 139 cm³/mol. The molecule has 0 saturated heterocycles. The summed E-state index contributed by atoms with van der Waals surface area (Å²) < 4.78 is 5.39. The smallest absolute Gasteiger partial charge is 0.332 e. The summed E-state index contributed by atoms with van der Waals surface area (Å²) in [7, 11) is 0. The molecule has 0 saturated carbocycles. The van der Waals surface area contributed by atoms with Gasteiger partial charge in [-0.2, -0.15) is 4.98 Å². The molecule has 0 atom stereocenters. The highest BCUT2D eigenvalue weighted by Gasteiger charge is 2.26. The summed E-state index contributed by atoms with van der Waals surface area (Å²) >= 11 is 0. The zero-order valence-corrected chi connectivity index (χ0v) is 20.2. The Kier molecular flexibility index (Phi) is 6.05. The van der Waals surface area contributed by atoms with Crippen molar-refractivity contribution in [2.45, 2.75) is 46.3 Å². The molecule has 0 unspecified atom stereocenters. The van der Waals surface area contributed by atoms with Crippen molar-refractivity contribution in [2.75, 3.05) is 0 Å². The van der Waals surface area contributed by atoms with Crippen LogP contribution < -0.4 is 16.8 Å². The highest BCUT2D eigenvalue weighted by molar-refractivity contribution is 5.78. The van der Waals surface area contributed by atoms with Gasteiger partial charge in [-0.25, -0.2) is 9.20 Å². The SMILES string of the molecule is CCCn1c(=O)c2c(nc3n(Cc4ccccc4)c(O)c(-c4ccccc4)c(=O)n23)n(CCC)c1=O. The third-order valence-corrected chi connectivity index (χ3v) is 6.28. The van der Waals surface area contributed by atoms with Gasteiger partial charge in [-0.3, -0.25) is 23.3 Å². The summed E-state index contributed by atoms with van der Waals surface area (Å²) in [6, 6.07) is 18.3. The molecule has 5 rings (SSSR count). The van der Waals surface area contributed by atoms with Crippen LogP contribution in [0.2, 0.25) is 0 Å². The van der Waals surface area contributed by atoms with Crippen LogP contribution in [0.5, 0.6) is 5.88 Å². The third-order valence-electron chi connectivity index (χ3n) is 6.28. The molecule has 9 nitrogen and oxygen atoms in total. The summed E-state index contributed by atoms with van der Waals surface area (Å²) in [5.74, 6) is -0.150.